The molecule has 1 aromatic carbocycles. The first kappa shape index (κ1) is 23.1. The van der Waals surface area contributed by atoms with Gasteiger partial charge in [-0.1, -0.05) is 17.7 Å². The van der Waals surface area contributed by atoms with Crippen LogP contribution in [0.25, 0.3) is 0 Å². The quantitative estimate of drug-likeness (QED) is 0.477. The molecular formula is C25H28N2O5S. The Hall–Kier alpha value is -3.10. The summed E-state index contributed by atoms with van der Waals surface area (Å²) in [6.07, 6.45) is 2.35. The van der Waals surface area contributed by atoms with E-state index in [1.165, 1.54) is 16.9 Å². The van der Waals surface area contributed by atoms with Crippen LogP contribution in [0.15, 0.2) is 58.5 Å². The monoisotopic (exact) mass is 468 g/mol. The van der Waals surface area contributed by atoms with E-state index in [4.69, 9.17) is 13.9 Å². The molecule has 7 nitrogen and oxygen atoms in total. The lowest BCUT2D eigenvalue weighted by Gasteiger charge is -2.37. The van der Waals surface area contributed by atoms with Gasteiger partial charge in [0, 0.05) is 18.5 Å². The van der Waals surface area contributed by atoms with E-state index in [2.05, 4.69) is 11.4 Å². The molecule has 1 aliphatic rings. The number of furan rings is 1. The van der Waals surface area contributed by atoms with Crippen LogP contribution in [-0.4, -0.2) is 55.0 Å². The number of nitrogens with zero attached hydrogens (tertiary/aromatic N) is 2. The van der Waals surface area contributed by atoms with E-state index in [-0.39, 0.29) is 37.6 Å². The summed E-state index contributed by atoms with van der Waals surface area (Å²) in [5, 5.41) is 2.06. The Morgan fingerprint density at radius 2 is 2.03 bits per heavy atom. The van der Waals surface area contributed by atoms with Gasteiger partial charge in [0.05, 0.1) is 18.8 Å². The zero-order chi connectivity index (χ0) is 23.2. The van der Waals surface area contributed by atoms with Crippen LogP contribution in [0.3, 0.4) is 0 Å². The van der Waals surface area contributed by atoms with Gasteiger partial charge in [0.25, 0.3) is 0 Å². The van der Waals surface area contributed by atoms with Gasteiger partial charge in [0.15, 0.2) is 0 Å². The molecule has 3 aromatic rings. The summed E-state index contributed by atoms with van der Waals surface area (Å²) < 4.78 is 16.5. The molecule has 174 valence electrons. The van der Waals surface area contributed by atoms with Crippen LogP contribution >= 0.6 is 11.3 Å². The molecule has 2 aromatic heterocycles. The number of amides is 2. The van der Waals surface area contributed by atoms with Crippen molar-refractivity contribution in [1.29, 1.82) is 0 Å². The normalized spacial score (nSPS) is 15.2. The molecule has 3 heterocycles. The molecule has 0 radical (unpaired) electrons. The van der Waals surface area contributed by atoms with Crippen molar-refractivity contribution in [3.8, 4) is 5.75 Å². The lowest BCUT2D eigenvalue weighted by atomic mass is 10.0. The van der Waals surface area contributed by atoms with E-state index >= 15 is 0 Å². The molecule has 33 heavy (non-hydrogen) atoms. The maximum absolute atomic E-state index is 13.5. The topological polar surface area (TPSA) is 72.2 Å². The lowest BCUT2D eigenvalue weighted by molar-refractivity contribution is -0.145. The SMILES string of the molecule is COCC(=O)N(CC(=O)N1CCc2sccc2[C@@H]1COc1ccc(C)cc1)Cc1ccco1. The van der Waals surface area contributed by atoms with Gasteiger partial charge in [-0.2, -0.15) is 0 Å². The maximum Gasteiger partial charge on any atom is 0.249 e. The highest BCUT2D eigenvalue weighted by atomic mass is 32.1. The van der Waals surface area contributed by atoms with Gasteiger partial charge < -0.3 is 23.7 Å². The van der Waals surface area contributed by atoms with Gasteiger partial charge in [-0.25, -0.2) is 0 Å². The summed E-state index contributed by atoms with van der Waals surface area (Å²) in [5.74, 6) is 0.999. The molecule has 1 atom stereocenters. The first-order chi connectivity index (χ1) is 16.0. The minimum absolute atomic E-state index is 0.0522. The molecule has 2 amide bonds. The summed E-state index contributed by atoms with van der Waals surface area (Å²) in [6.45, 7) is 3.03. The molecule has 0 aliphatic carbocycles. The molecular weight excluding hydrogens is 440 g/mol. The van der Waals surface area contributed by atoms with Crippen molar-refractivity contribution in [2.45, 2.75) is 25.9 Å². The second-order valence-electron chi connectivity index (χ2n) is 8.04. The molecule has 8 heteroatoms. The highest BCUT2D eigenvalue weighted by Gasteiger charge is 2.33. The fraction of sp³-hybridized carbons (Fsp3) is 0.360. The predicted octanol–water partition coefficient (Wildman–Crippen LogP) is 3.83. The van der Waals surface area contributed by atoms with Gasteiger partial charge in [-0.05, 0) is 54.6 Å². The Morgan fingerprint density at radius 1 is 1.21 bits per heavy atom. The van der Waals surface area contributed by atoms with E-state index in [0.717, 1.165) is 23.3 Å². The summed E-state index contributed by atoms with van der Waals surface area (Å²) in [5.41, 5.74) is 2.28. The molecule has 0 bridgehead atoms. The minimum atomic E-state index is -0.261. The minimum Gasteiger partial charge on any atom is -0.491 e. The summed E-state index contributed by atoms with van der Waals surface area (Å²) in [6, 6.07) is 13.3. The van der Waals surface area contributed by atoms with Crippen molar-refractivity contribution >= 4 is 23.2 Å². The number of aryl methyl sites for hydroxylation is 1. The zero-order valence-electron chi connectivity index (χ0n) is 18.9. The molecule has 0 fully saturated rings. The van der Waals surface area contributed by atoms with Crippen molar-refractivity contribution in [2.75, 3.05) is 33.4 Å². The molecule has 1 aliphatic heterocycles. The Bertz CT molecular complexity index is 1060. The third-order valence-corrected chi connectivity index (χ3v) is 6.71. The van der Waals surface area contributed by atoms with E-state index in [1.807, 2.05) is 36.1 Å². The average molecular weight is 469 g/mol. The third kappa shape index (κ3) is 5.64. The largest absolute Gasteiger partial charge is 0.491 e. The lowest BCUT2D eigenvalue weighted by Crippen LogP contribution is -2.48. The van der Waals surface area contributed by atoms with E-state index < -0.39 is 0 Å². The molecule has 0 spiro atoms. The van der Waals surface area contributed by atoms with Crippen LogP contribution in [-0.2, 0) is 27.3 Å². The number of hydrogen-bond donors (Lipinski definition) is 0. The highest BCUT2D eigenvalue weighted by Crippen LogP contribution is 2.34. The highest BCUT2D eigenvalue weighted by molar-refractivity contribution is 7.10. The van der Waals surface area contributed by atoms with Gasteiger partial charge >= 0.3 is 0 Å². The maximum atomic E-state index is 13.5. The third-order valence-electron chi connectivity index (χ3n) is 5.72. The number of rotatable bonds is 9. The van der Waals surface area contributed by atoms with Gasteiger partial charge in [-0.3, -0.25) is 9.59 Å². The second kappa shape index (κ2) is 10.7. The van der Waals surface area contributed by atoms with E-state index in [9.17, 15) is 9.59 Å². The second-order valence-corrected chi connectivity index (χ2v) is 9.04. The van der Waals surface area contributed by atoms with Crippen molar-refractivity contribution in [3.05, 3.63) is 75.9 Å². The number of benzene rings is 1. The average Bonchev–Trinajstić information content (AvgIpc) is 3.50. The Morgan fingerprint density at radius 3 is 2.76 bits per heavy atom. The first-order valence-corrected chi connectivity index (χ1v) is 11.8. The van der Waals surface area contributed by atoms with Gasteiger partial charge in [0.1, 0.15) is 31.3 Å². The van der Waals surface area contributed by atoms with E-state index in [1.54, 1.807) is 29.7 Å². The van der Waals surface area contributed by atoms with Crippen LogP contribution < -0.4 is 4.74 Å². The predicted molar refractivity (Wildman–Crippen MR) is 125 cm³/mol. The number of fused-ring (bicyclic) bond motifs is 1. The van der Waals surface area contributed by atoms with Gasteiger partial charge in [0.2, 0.25) is 11.8 Å². The fourth-order valence-corrected chi connectivity index (χ4v) is 4.90. The standard InChI is InChI=1S/C25H28N2O5S/c1-18-5-7-19(8-6-18)32-16-22-21-10-13-33-23(21)9-11-27(22)24(28)15-26(25(29)17-30-2)14-20-4-3-12-31-20/h3-8,10,12-13,22H,9,11,14-17H2,1-2H3/t22-/m0/s1. The van der Waals surface area contributed by atoms with Crippen LogP contribution in [0.1, 0.15) is 27.8 Å². The van der Waals surface area contributed by atoms with Crippen molar-refractivity contribution in [3.63, 3.8) is 0 Å². The van der Waals surface area contributed by atoms with Gasteiger partial charge in [-0.15, -0.1) is 11.3 Å². The number of carbonyl (C=O) groups is 2. The molecule has 0 saturated heterocycles. The van der Waals surface area contributed by atoms with Crippen LogP contribution in [0, 0.1) is 6.92 Å². The van der Waals surface area contributed by atoms with Crippen molar-refractivity contribution < 1.29 is 23.5 Å². The van der Waals surface area contributed by atoms with Crippen LogP contribution in [0.5, 0.6) is 5.75 Å². The number of carbonyl (C=O) groups excluding carboxylic acids is 2. The summed E-state index contributed by atoms with van der Waals surface area (Å²) >= 11 is 1.71. The molecule has 0 N–H and O–H groups in total. The van der Waals surface area contributed by atoms with Crippen molar-refractivity contribution in [1.82, 2.24) is 9.80 Å². The smallest absolute Gasteiger partial charge is 0.249 e. The summed E-state index contributed by atoms with van der Waals surface area (Å²) in [7, 11) is 1.46. The number of ether oxygens (including phenoxy) is 2. The Kier molecular flexibility index (Phi) is 7.47. The Labute approximate surface area is 197 Å². The first-order valence-electron chi connectivity index (χ1n) is 10.9. The summed E-state index contributed by atoms with van der Waals surface area (Å²) in [4.78, 5) is 30.7. The van der Waals surface area contributed by atoms with Crippen LogP contribution in [0.4, 0.5) is 0 Å². The fourth-order valence-electron chi connectivity index (χ4n) is 3.98. The number of thiophene rings is 1. The van der Waals surface area contributed by atoms with E-state index in [0.29, 0.717) is 18.9 Å². The molecule has 0 unspecified atom stereocenters. The van der Waals surface area contributed by atoms with Crippen LogP contribution in [0.2, 0.25) is 0 Å². The van der Waals surface area contributed by atoms with Crippen molar-refractivity contribution in [2.24, 2.45) is 0 Å². The molecule has 4 rings (SSSR count). The zero-order valence-corrected chi connectivity index (χ0v) is 19.7. The Balaban J connectivity index is 1.50. The number of hydrogen-bond acceptors (Lipinski definition) is 6. The molecule has 0 saturated carbocycles. The number of methoxy groups -OCH3 is 1.